The molecule has 0 saturated heterocycles. The van der Waals surface area contributed by atoms with Gasteiger partial charge in [0.05, 0.1) is 12.3 Å². The first-order valence-electron chi connectivity index (χ1n) is 3.86. The lowest BCUT2D eigenvalue weighted by atomic mass is 10.3. The molecule has 0 aromatic carbocycles. The van der Waals surface area contributed by atoms with Gasteiger partial charge in [0.2, 0.25) is 0 Å². The highest BCUT2D eigenvalue weighted by Crippen LogP contribution is 1.89. The molecule has 0 saturated carbocycles. The summed E-state index contributed by atoms with van der Waals surface area (Å²) in [6, 6.07) is 0. The molecular weight excluding hydrogens is 178 g/mol. The van der Waals surface area contributed by atoms with Crippen molar-refractivity contribution in [3.8, 4) is 0 Å². The highest BCUT2D eigenvalue weighted by molar-refractivity contribution is 7.90. The van der Waals surface area contributed by atoms with E-state index in [9.17, 15) is 13.2 Å². The second kappa shape index (κ2) is 5.27. The predicted octanol–water partition coefficient (Wildman–Crippen LogP) is -0.400. The Morgan fingerprint density at radius 3 is 2.42 bits per heavy atom. The molecule has 0 aromatic heterocycles. The van der Waals surface area contributed by atoms with Gasteiger partial charge in [-0.3, -0.25) is 4.79 Å². The zero-order valence-electron chi connectivity index (χ0n) is 7.46. The average Bonchev–Trinajstić information content (AvgIpc) is 1.95. The Bertz CT molecular complexity index is 233. The molecule has 0 aliphatic carbocycles. The van der Waals surface area contributed by atoms with Crippen molar-refractivity contribution in [1.29, 1.82) is 0 Å². The molecule has 0 bridgehead atoms. The number of carbonyl (C=O) groups excluding carboxylic acids is 1. The van der Waals surface area contributed by atoms with Crippen molar-refractivity contribution in [3.05, 3.63) is 0 Å². The molecule has 0 amide bonds. The van der Waals surface area contributed by atoms with Gasteiger partial charge in [0.15, 0.2) is 0 Å². The Labute approximate surface area is 73.3 Å². The Balaban J connectivity index is 3.58. The smallest absolute Gasteiger partial charge is 0.147 e. The third-order valence-electron chi connectivity index (χ3n) is 1.32. The van der Waals surface area contributed by atoms with E-state index in [4.69, 9.17) is 0 Å². The van der Waals surface area contributed by atoms with Crippen molar-refractivity contribution < 1.29 is 13.2 Å². The van der Waals surface area contributed by atoms with Crippen LogP contribution >= 0.6 is 0 Å². The van der Waals surface area contributed by atoms with E-state index < -0.39 is 9.84 Å². The van der Waals surface area contributed by atoms with Crippen molar-refractivity contribution in [3.63, 3.8) is 0 Å². The number of carbonyl (C=O) groups is 1. The summed E-state index contributed by atoms with van der Waals surface area (Å²) in [4.78, 5) is 10.9. The molecule has 0 aliphatic heterocycles. The van der Waals surface area contributed by atoms with E-state index in [0.717, 1.165) is 12.8 Å². The summed E-state index contributed by atoms with van der Waals surface area (Å²) in [5, 5.41) is 2.84. The monoisotopic (exact) mass is 193 g/mol. The summed E-state index contributed by atoms with van der Waals surface area (Å²) >= 11 is 0. The van der Waals surface area contributed by atoms with Crippen LogP contribution in [0.1, 0.15) is 13.3 Å². The maximum Gasteiger partial charge on any atom is 0.147 e. The van der Waals surface area contributed by atoms with Crippen LogP contribution in [0.15, 0.2) is 0 Å². The van der Waals surface area contributed by atoms with Crippen molar-refractivity contribution in [2.24, 2.45) is 0 Å². The average molecular weight is 193 g/mol. The minimum absolute atomic E-state index is 0.0444. The SMILES string of the molecule is CCNCC(=O)CCS(C)(=O)=O. The molecule has 12 heavy (non-hydrogen) atoms. The van der Waals surface area contributed by atoms with Crippen molar-refractivity contribution >= 4 is 15.6 Å². The van der Waals surface area contributed by atoms with E-state index in [2.05, 4.69) is 5.32 Å². The summed E-state index contributed by atoms with van der Waals surface area (Å²) in [7, 11) is -2.99. The first kappa shape index (κ1) is 11.6. The Kier molecular flexibility index (Phi) is 5.08. The fourth-order valence-electron chi connectivity index (χ4n) is 0.652. The first-order valence-corrected chi connectivity index (χ1v) is 5.92. The van der Waals surface area contributed by atoms with Gasteiger partial charge >= 0.3 is 0 Å². The summed E-state index contributed by atoms with van der Waals surface area (Å²) < 4.78 is 21.3. The molecule has 0 aliphatic rings. The maximum atomic E-state index is 10.9. The number of sulfone groups is 1. The lowest BCUT2D eigenvalue weighted by molar-refractivity contribution is -0.117. The lowest BCUT2D eigenvalue weighted by Gasteiger charge is -1.99. The standard InChI is InChI=1S/C7H15NO3S/c1-3-8-6-7(9)4-5-12(2,10)11/h8H,3-6H2,1-2H3. The Morgan fingerprint density at radius 2 is 2.00 bits per heavy atom. The Morgan fingerprint density at radius 1 is 1.42 bits per heavy atom. The Hall–Kier alpha value is -0.420. The van der Waals surface area contributed by atoms with E-state index in [0.29, 0.717) is 0 Å². The molecule has 0 atom stereocenters. The largest absolute Gasteiger partial charge is 0.310 e. The highest BCUT2D eigenvalue weighted by atomic mass is 32.2. The molecule has 1 N–H and O–H groups in total. The van der Waals surface area contributed by atoms with Crippen LogP contribution in [0.5, 0.6) is 0 Å². The molecule has 72 valence electrons. The van der Waals surface area contributed by atoms with Gasteiger partial charge in [0, 0.05) is 12.7 Å². The number of hydrogen-bond donors (Lipinski definition) is 1. The van der Waals surface area contributed by atoms with E-state index in [1.165, 1.54) is 0 Å². The molecule has 0 radical (unpaired) electrons. The molecule has 4 nitrogen and oxygen atoms in total. The fraction of sp³-hybridized carbons (Fsp3) is 0.857. The van der Waals surface area contributed by atoms with E-state index in [-0.39, 0.29) is 24.5 Å². The van der Waals surface area contributed by atoms with Gasteiger partial charge in [0.1, 0.15) is 15.6 Å². The highest BCUT2D eigenvalue weighted by Gasteiger charge is 2.06. The van der Waals surface area contributed by atoms with Crippen LogP contribution in [0, 0.1) is 0 Å². The normalized spacial score (nSPS) is 11.5. The molecule has 0 heterocycles. The van der Waals surface area contributed by atoms with Gasteiger partial charge in [0.25, 0.3) is 0 Å². The summed E-state index contributed by atoms with van der Waals surface area (Å²) in [6.45, 7) is 2.89. The van der Waals surface area contributed by atoms with Gasteiger partial charge < -0.3 is 5.32 Å². The van der Waals surface area contributed by atoms with Crippen molar-refractivity contribution in [2.45, 2.75) is 13.3 Å². The van der Waals surface area contributed by atoms with Gasteiger partial charge in [-0.15, -0.1) is 0 Å². The fourth-order valence-corrected chi connectivity index (χ4v) is 1.25. The topological polar surface area (TPSA) is 63.2 Å². The summed E-state index contributed by atoms with van der Waals surface area (Å²) in [5.74, 6) is -0.0979. The van der Waals surface area contributed by atoms with Crippen molar-refractivity contribution in [2.75, 3.05) is 25.1 Å². The third-order valence-corrected chi connectivity index (χ3v) is 2.27. The van der Waals surface area contributed by atoms with Crippen LogP contribution in [-0.2, 0) is 14.6 Å². The minimum Gasteiger partial charge on any atom is -0.310 e. The number of Topliss-reactive ketones (excluding diaryl/α,β-unsaturated/α-hetero) is 1. The molecule has 0 fully saturated rings. The molecule has 0 rings (SSSR count). The second-order valence-electron chi connectivity index (χ2n) is 2.70. The summed E-state index contributed by atoms with van der Waals surface area (Å²) in [5.41, 5.74) is 0. The van der Waals surface area contributed by atoms with Crippen LogP contribution in [0.4, 0.5) is 0 Å². The first-order chi connectivity index (χ1) is 5.45. The second-order valence-corrected chi connectivity index (χ2v) is 4.96. The summed E-state index contributed by atoms with van der Waals surface area (Å²) in [6.07, 6.45) is 1.25. The van der Waals surface area contributed by atoms with E-state index in [1.54, 1.807) is 0 Å². The zero-order chi connectivity index (χ0) is 9.61. The van der Waals surface area contributed by atoms with Gasteiger partial charge in [-0.1, -0.05) is 6.92 Å². The number of nitrogens with one attached hydrogen (secondary N) is 1. The number of rotatable bonds is 6. The quantitative estimate of drug-likeness (QED) is 0.623. The molecule has 0 unspecified atom stereocenters. The van der Waals surface area contributed by atoms with Crippen LogP contribution in [0.3, 0.4) is 0 Å². The van der Waals surface area contributed by atoms with Crippen LogP contribution < -0.4 is 5.32 Å². The van der Waals surface area contributed by atoms with Gasteiger partial charge in [-0.25, -0.2) is 8.42 Å². The molecule has 0 spiro atoms. The van der Waals surface area contributed by atoms with Crippen LogP contribution in [0.2, 0.25) is 0 Å². The van der Waals surface area contributed by atoms with Crippen LogP contribution in [0.25, 0.3) is 0 Å². The van der Waals surface area contributed by atoms with Gasteiger partial charge in [-0.2, -0.15) is 0 Å². The third kappa shape index (κ3) is 7.68. The van der Waals surface area contributed by atoms with E-state index in [1.807, 2.05) is 6.92 Å². The minimum atomic E-state index is -2.99. The number of ketones is 1. The molecule has 5 heteroatoms. The zero-order valence-corrected chi connectivity index (χ0v) is 8.28. The maximum absolute atomic E-state index is 10.9. The lowest BCUT2D eigenvalue weighted by Crippen LogP contribution is -2.24. The van der Waals surface area contributed by atoms with Crippen molar-refractivity contribution in [1.82, 2.24) is 5.32 Å². The number of hydrogen-bond acceptors (Lipinski definition) is 4. The molecular formula is C7H15NO3S. The number of likely N-dealkylation sites (N-methyl/N-ethyl adjacent to an activating group) is 1. The predicted molar refractivity (Wildman–Crippen MR) is 47.9 cm³/mol. The molecule has 0 aromatic rings. The van der Waals surface area contributed by atoms with E-state index >= 15 is 0 Å². The van der Waals surface area contributed by atoms with Gasteiger partial charge in [-0.05, 0) is 6.54 Å². The van der Waals surface area contributed by atoms with Crippen LogP contribution in [-0.4, -0.2) is 39.3 Å².